The summed E-state index contributed by atoms with van der Waals surface area (Å²) in [6, 6.07) is 14.0. The lowest BCUT2D eigenvalue weighted by molar-refractivity contribution is 0.257. The molecule has 21 heavy (non-hydrogen) atoms. The molecule has 108 valence electrons. The van der Waals surface area contributed by atoms with Gasteiger partial charge in [0.2, 0.25) is 0 Å². The first-order chi connectivity index (χ1) is 10.1. The molecule has 3 N–H and O–H groups in total. The molecule has 0 fully saturated rings. The van der Waals surface area contributed by atoms with Crippen LogP contribution in [0.25, 0.3) is 0 Å². The van der Waals surface area contributed by atoms with Gasteiger partial charge in [-0.3, -0.25) is 4.90 Å². The second-order valence-electron chi connectivity index (χ2n) is 4.40. The highest BCUT2D eigenvalue weighted by atomic mass is 35.5. The highest BCUT2D eigenvalue weighted by molar-refractivity contribution is 6.33. The number of anilines is 3. The number of nitrogens with one attached hydrogen (secondary N) is 1. The highest BCUT2D eigenvalue weighted by Gasteiger charge is 2.15. The summed E-state index contributed by atoms with van der Waals surface area (Å²) >= 11 is 5.91. The zero-order chi connectivity index (χ0) is 15.2. The molecule has 0 bridgehead atoms. The highest BCUT2D eigenvalue weighted by Crippen LogP contribution is 2.25. The minimum Gasteiger partial charge on any atom is -0.397 e. The fourth-order valence-corrected chi connectivity index (χ4v) is 1.96. The molecule has 0 heterocycles. The molecule has 0 atom stereocenters. The van der Waals surface area contributed by atoms with Crippen molar-refractivity contribution >= 4 is 34.7 Å². The first-order valence-electron chi connectivity index (χ1n) is 6.41. The van der Waals surface area contributed by atoms with E-state index in [1.807, 2.05) is 30.3 Å². The standard InChI is InChI=1S/C16H16ClN3O/c1-2-10-20(13-8-9-14(17)15(18)11-13)16(21)19-12-6-4-3-5-7-12/h2-9,11H,1,10,18H2,(H,19,21). The monoisotopic (exact) mass is 301 g/mol. The zero-order valence-corrected chi connectivity index (χ0v) is 12.2. The summed E-state index contributed by atoms with van der Waals surface area (Å²) in [4.78, 5) is 13.9. The molecule has 0 unspecified atom stereocenters. The number of hydrogen-bond donors (Lipinski definition) is 2. The number of nitrogen functional groups attached to an aromatic ring is 1. The zero-order valence-electron chi connectivity index (χ0n) is 11.4. The second kappa shape index (κ2) is 6.81. The summed E-state index contributed by atoms with van der Waals surface area (Å²) in [5.74, 6) is 0. The molecule has 0 saturated heterocycles. The van der Waals surface area contributed by atoms with Crippen LogP contribution in [0, 0.1) is 0 Å². The second-order valence-corrected chi connectivity index (χ2v) is 4.81. The van der Waals surface area contributed by atoms with Crippen LogP contribution in [0.2, 0.25) is 5.02 Å². The minimum atomic E-state index is -0.261. The summed E-state index contributed by atoms with van der Waals surface area (Å²) in [7, 11) is 0. The summed E-state index contributed by atoms with van der Waals surface area (Å²) in [5, 5.41) is 3.28. The third-order valence-electron chi connectivity index (χ3n) is 2.87. The first-order valence-corrected chi connectivity index (χ1v) is 6.79. The lowest BCUT2D eigenvalue weighted by atomic mass is 10.2. The van der Waals surface area contributed by atoms with E-state index in [0.717, 1.165) is 5.69 Å². The van der Waals surface area contributed by atoms with E-state index in [1.165, 1.54) is 4.90 Å². The summed E-state index contributed by atoms with van der Waals surface area (Å²) in [6.45, 7) is 4.04. The average Bonchev–Trinajstić information content (AvgIpc) is 2.49. The van der Waals surface area contributed by atoms with Crippen LogP contribution in [0.4, 0.5) is 21.9 Å². The van der Waals surface area contributed by atoms with Gasteiger partial charge in [-0.1, -0.05) is 35.9 Å². The molecule has 0 saturated carbocycles. The molecule has 0 radical (unpaired) electrons. The Morgan fingerprint density at radius 3 is 2.62 bits per heavy atom. The van der Waals surface area contributed by atoms with Crippen molar-refractivity contribution in [2.75, 3.05) is 22.5 Å². The van der Waals surface area contributed by atoms with Crippen LogP contribution < -0.4 is 16.0 Å². The van der Waals surface area contributed by atoms with Gasteiger partial charge in [0.05, 0.1) is 10.7 Å². The average molecular weight is 302 g/mol. The maximum atomic E-state index is 12.4. The first kappa shape index (κ1) is 14.9. The van der Waals surface area contributed by atoms with E-state index < -0.39 is 0 Å². The molecule has 5 heteroatoms. The molecule has 2 aromatic carbocycles. The van der Waals surface area contributed by atoms with Gasteiger partial charge in [0.15, 0.2) is 0 Å². The van der Waals surface area contributed by atoms with Gasteiger partial charge < -0.3 is 11.1 Å². The fourth-order valence-electron chi connectivity index (χ4n) is 1.85. The van der Waals surface area contributed by atoms with Gasteiger partial charge in [0.1, 0.15) is 0 Å². The van der Waals surface area contributed by atoms with Crippen LogP contribution in [0.5, 0.6) is 0 Å². The van der Waals surface area contributed by atoms with Crippen molar-refractivity contribution in [2.24, 2.45) is 0 Å². The topological polar surface area (TPSA) is 58.4 Å². The summed E-state index contributed by atoms with van der Waals surface area (Å²) in [6.07, 6.45) is 1.65. The van der Waals surface area contributed by atoms with Crippen molar-refractivity contribution in [3.8, 4) is 0 Å². The van der Waals surface area contributed by atoms with Crippen molar-refractivity contribution < 1.29 is 4.79 Å². The molecule has 0 aliphatic carbocycles. The van der Waals surface area contributed by atoms with Gasteiger partial charge in [-0.05, 0) is 30.3 Å². The third kappa shape index (κ3) is 3.77. The molecule has 0 spiro atoms. The van der Waals surface area contributed by atoms with E-state index >= 15 is 0 Å². The van der Waals surface area contributed by atoms with Crippen LogP contribution in [0.3, 0.4) is 0 Å². The van der Waals surface area contributed by atoms with Crippen LogP contribution in [-0.2, 0) is 0 Å². The lowest BCUT2D eigenvalue weighted by Gasteiger charge is -2.22. The van der Waals surface area contributed by atoms with Crippen molar-refractivity contribution in [3.63, 3.8) is 0 Å². The minimum absolute atomic E-state index is 0.261. The van der Waals surface area contributed by atoms with Crippen molar-refractivity contribution in [3.05, 3.63) is 66.2 Å². The van der Waals surface area contributed by atoms with E-state index in [0.29, 0.717) is 22.9 Å². The van der Waals surface area contributed by atoms with Crippen LogP contribution >= 0.6 is 11.6 Å². The molecule has 2 rings (SSSR count). The number of rotatable bonds is 4. The van der Waals surface area contributed by atoms with Gasteiger partial charge in [-0.15, -0.1) is 6.58 Å². The number of hydrogen-bond acceptors (Lipinski definition) is 2. The van der Waals surface area contributed by atoms with E-state index in [2.05, 4.69) is 11.9 Å². The van der Waals surface area contributed by atoms with Gasteiger partial charge in [0.25, 0.3) is 0 Å². The quantitative estimate of drug-likeness (QED) is 0.658. The summed E-state index contributed by atoms with van der Waals surface area (Å²) in [5.41, 5.74) is 7.60. The van der Waals surface area contributed by atoms with Crippen LogP contribution in [0.15, 0.2) is 61.2 Å². The molecule has 2 amide bonds. The van der Waals surface area contributed by atoms with Gasteiger partial charge in [-0.2, -0.15) is 0 Å². The maximum absolute atomic E-state index is 12.4. The Morgan fingerprint density at radius 1 is 1.29 bits per heavy atom. The maximum Gasteiger partial charge on any atom is 0.326 e. The molecule has 0 aromatic heterocycles. The number of carbonyl (C=O) groups is 1. The van der Waals surface area contributed by atoms with E-state index in [1.54, 1.807) is 24.3 Å². The van der Waals surface area contributed by atoms with E-state index in [4.69, 9.17) is 17.3 Å². The number of amides is 2. The predicted molar refractivity (Wildman–Crippen MR) is 88.9 cm³/mol. The largest absolute Gasteiger partial charge is 0.397 e. The number of para-hydroxylation sites is 1. The predicted octanol–water partition coefficient (Wildman–Crippen LogP) is 4.15. The Hall–Kier alpha value is -2.46. The Morgan fingerprint density at radius 2 is 2.00 bits per heavy atom. The number of nitrogens with two attached hydrogens (primary N) is 1. The van der Waals surface area contributed by atoms with E-state index in [9.17, 15) is 4.79 Å². The third-order valence-corrected chi connectivity index (χ3v) is 3.22. The molecular weight excluding hydrogens is 286 g/mol. The number of urea groups is 1. The van der Waals surface area contributed by atoms with E-state index in [-0.39, 0.29) is 6.03 Å². The number of nitrogens with zero attached hydrogens (tertiary/aromatic N) is 1. The van der Waals surface area contributed by atoms with Crippen molar-refractivity contribution in [1.82, 2.24) is 0 Å². The van der Waals surface area contributed by atoms with Gasteiger partial charge >= 0.3 is 6.03 Å². The number of halogens is 1. The fraction of sp³-hybridized carbons (Fsp3) is 0.0625. The van der Waals surface area contributed by atoms with Gasteiger partial charge in [-0.25, -0.2) is 4.79 Å². The van der Waals surface area contributed by atoms with Crippen molar-refractivity contribution in [2.45, 2.75) is 0 Å². The number of carbonyl (C=O) groups excluding carboxylic acids is 1. The Bertz CT molecular complexity index is 643. The Balaban J connectivity index is 2.23. The molecule has 4 nitrogen and oxygen atoms in total. The SMILES string of the molecule is C=CCN(C(=O)Nc1ccccc1)c1ccc(Cl)c(N)c1. The Kier molecular flexibility index (Phi) is 4.85. The normalized spacial score (nSPS) is 9.95. The summed E-state index contributed by atoms with van der Waals surface area (Å²) < 4.78 is 0. The smallest absolute Gasteiger partial charge is 0.326 e. The molecule has 2 aromatic rings. The molecule has 0 aliphatic rings. The van der Waals surface area contributed by atoms with Gasteiger partial charge in [0, 0.05) is 17.9 Å². The number of benzene rings is 2. The Labute approximate surface area is 128 Å². The molecular formula is C16H16ClN3O. The van der Waals surface area contributed by atoms with Crippen LogP contribution in [0.1, 0.15) is 0 Å². The van der Waals surface area contributed by atoms with Crippen LogP contribution in [-0.4, -0.2) is 12.6 Å². The molecule has 0 aliphatic heterocycles. The van der Waals surface area contributed by atoms with Crippen molar-refractivity contribution in [1.29, 1.82) is 0 Å². The lowest BCUT2D eigenvalue weighted by Crippen LogP contribution is -2.35.